The first-order chi connectivity index (χ1) is 14.4. The number of hydrogen-bond donors (Lipinski definition) is 0. The normalized spacial score (nSPS) is 14.7. The molecule has 1 saturated heterocycles. The lowest BCUT2D eigenvalue weighted by molar-refractivity contribution is 0.235. The van der Waals surface area contributed by atoms with Crippen LogP contribution in [-0.4, -0.2) is 33.2 Å². The van der Waals surface area contributed by atoms with Crippen molar-refractivity contribution in [3.63, 3.8) is 0 Å². The van der Waals surface area contributed by atoms with Gasteiger partial charge in [0.1, 0.15) is 0 Å². The van der Waals surface area contributed by atoms with Crippen LogP contribution in [0.15, 0.2) is 34.9 Å². The molecule has 158 valence electrons. The van der Waals surface area contributed by atoms with E-state index in [2.05, 4.69) is 57.9 Å². The molecule has 1 aliphatic heterocycles. The average molecular weight is 408 g/mol. The van der Waals surface area contributed by atoms with Crippen molar-refractivity contribution in [1.29, 1.82) is 0 Å². The quantitative estimate of drug-likeness (QED) is 0.606. The summed E-state index contributed by atoms with van der Waals surface area (Å²) >= 11 is 0. The predicted molar refractivity (Wildman–Crippen MR) is 116 cm³/mol. The zero-order valence-electron chi connectivity index (χ0n) is 18.2. The third kappa shape index (κ3) is 4.78. The minimum Gasteiger partial charge on any atom is -0.467 e. The lowest BCUT2D eigenvalue weighted by atomic mass is 9.87. The summed E-state index contributed by atoms with van der Waals surface area (Å²) in [4.78, 5) is 15.8. The summed E-state index contributed by atoms with van der Waals surface area (Å²) < 4.78 is 11.2. The topological polar surface area (TPSA) is 77.2 Å². The Morgan fingerprint density at radius 2 is 1.73 bits per heavy atom. The third-order valence-corrected chi connectivity index (χ3v) is 5.28. The van der Waals surface area contributed by atoms with Gasteiger partial charge in [-0.1, -0.05) is 50.2 Å². The molecule has 4 rings (SSSR count). The van der Waals surface area contributed by atoms with E-state index in [9.17, 15) is 0 Å². The Morgan fingerprint density at radius 1 is 1.00 bits per heavy atom. The van der Waals surface area contributed by atoms with E-state index < -0.39 is 0 Å². The molecule has 0 aliphatic carbocycles. The van der Waals surface area contributed by atoms with Gasteiger partial charge >= 0.3 is 0 Å². The Balaban J connectivity index is 1.43. The second-order valence-electron chi connectivity index (χ2n) is 8.82. The SMILES string of the molecule is Cc1cc(OCc2nc(-c3ccc(C(C)(C)C)cc3)no2)nc(N2CCCCC2)n1. The fourth-order valence-electron chi connectivity index (χ4n) is 3.52. The molecule has 0 unspecified atom stereocenters. The van der Waals surface area contributed by atoms with Gasteiger partial charge < -0.3 is 14.2 Å². The second-order valence-corrected chi connectivity index (χ2v) is 8.82. The van der Waals surface area contributed by atoms with Gasteiger partial charge in [-0.15, -0.1) is 0 Å². The Hall–Kier alpha value is -2.96. The first-order valence-electron chi connectivity index (χ1n) is 10.6. The van der Waals surface area contributed by atoms with Crippen molar-refractivity contribution in [2.75, 3.05) is 18.0 Å². The molecule has 7 nitrogen and oxygen atoms in total. The molecule has 2 aromatic heterocycles. The summed E-state index contributed by atoms with van der Waals surface area (Å²) in [6.45, 7) is 10.7. The minimum absolute atomic E-state index is 0.109. The Labute approximate surface area is 177 Å². The number of rotatable bonds is 5. The molecule has 30 heavy (non-hydrogen) atoms. The van der Waals surface area contributed by atoms with Crippen LogP contribution in [0, 0.1) is 6.92 Å². The number of aryl methyl sites for hydroxylation is 1. The van der Waals surface area contributed by atoms with Gasteiger partial charge in [0.15, 0.2) is 6.61 Å². The fourth-order valence-corrected chi connectivity index (χ4v) is 3.52. The Bertz CT molecular complexity index is 986. The van der Waals surface area contributed by atoms with Crippen LogP contribution in [0.3, 0.4) is 0 Å². The zero-order chi connectivity index (χ0) is 21.1. The van der Waals surface area contributed by atoms with Crippen LogP contribution in [0.2, 0.25) is 0 Å². The first kappa shape index (κ1) is 20.3. The molecular weight excluding hydrogens is 378 g/mol. The number of hydrogen-bond acceptors (Lipinski definition) is 7. The molecule has 0 amide bonds. The summed E-state index contributed by atoms with van der Waals surface area (Å²) in [6.07, 6.45) is 3.62. The number of anilines is 1. The summed E-state index contributed by atoms with van der Waals surface area (Å²) in [5.41, 5.74) is 3.17. The van der Waals surface area contributed by atoms with E-state index in [1.807, 2.05) is 25.1 Å². The monoisotopic (exact) mass is 407 g/mol. The molecule has 0 bridgehead atoms. The lowest BCUT2D eigenvalue weighted by Gasteiger charge is -2.26. The number of aromatic nitrogens is 4. The molecule has 0 N–H and O–H groups in total. The van der Waals surface area contributed by atoms with Gasteiger partial charge in [0, 0.05) is 30.4 Å². The second kappa shape index (κ2) is 8.42. The van der Waals surface area contributed by atoms with Crippen LogP contribution in [0.4, 0.5) is 5.95 Å². The highest BCUT2D eigenvalue weighted by Crippen LogP contribution is 2.25. The van der Waals surface area contributed by atoms with Crippen LogP contribution in [-0.2, 0) is 12.0 Å². The molecule has 0 saturated carbocycles. The molecule has 0 spiro atoms. The molecule has 1 aliphatic rings. The number of piperidine rings is 1. The van der Waals surface area contributed by atoms with Crippen molar-refractivity contribution < 1.29 is 9.26 Å². The third-order valence-electron chi connectivity index (χ3n) is 5.28. The van der Waals surface area contributed by atoms with Gasteiger partial charge in [-0.25, -0.2) is 4.98 Å². The van der Waals surface area contributed by atoms with Crippen molar-refractivity contribution in [1.82, 2.24) is 20.1 Å². The van der Waals surface area contributed by atoms with Gasteiger partial charge in [-0.3, -0.25) is 0 Å². The van der Waals surface area contributed by atoms with E-state index in [0.29, 0.717) is 17.6 Å². The molecule has 1 fully saturated rings. The number of benzene rings is 1. The lowest BCUT2D eigenvalue weighted by Crippen LogP contribution is -2.31. The molecular formula is C23H29N5O2. The van der Waals surface area contributed by atoms with Crippen LogP contribution < -0.4 is 9.64 Å². The van der Waals surface area contributed by atoms with Gasteiger partial charge in [0.2, 0.25) is 17.7 Å². The maximum atomic E-state index is 5.84. The number of ether oxygens (including phenoxy) is 1. The predicted octanol–water partition coefficient (Wildman–Crippen LogP) is 4.70. The summed E-state index contributed by atoms with van der Waals surface area (Å²) in [7, 11) is 0. The standard InChI is InChI=1S/C23H29N5O2/c1-16-14-19(26-22(24-16)28-12-6-5-7-13-28)29-15-20-25-21(27-30-20)17-8-10-18(11-9-17)23(2,3)4/h8-11,14H,5-7,12-13,15H2,1-4H3. The van der Waals surface area contributed by atoms with Crippen molar-refractivity contribution in [3.05, 3.63) is 47.5 Å². The maximum absolute atomic E-state index is 5.84. The van der Waals surface area contributed by atoms with Crippen LogP contribution in [0.1, 0.15) is 57.2 Å². The average Bonchev–Trinajstić information content (AvgIpc) is 3.21. The number of nitrogens with zero attached hydrogens (tertiary/aromatic N) is 5. The van der Waals surface area contributed by atoms with Crippen molar-refractivity contribution in [3.8, 4) is 17.3 Å². The maximum Gasteiger partial charge on any atom is 0.264 e. The van der Waals surface area contributed by atoms with E-state index in [0.717, 1.165) is 30.3 Å². The first-order valence-corrected chi connectivity index (χ1v) is 10.6. The molecule has 7 heteroatoms. The largest absolute Gasteiger partial charge is 0.467 e. The van der Waals surface area contributed by atoms with Crippen molar-refractivity contribution in [2.24, 2.45) is 0 Å². The molecule has 3 heterocycles. The van der Waals surface area contributed by atoms with Gasteiger partial charge in [0.25, 0.3) is 5.89 Å². The van der Waals surface area contributed by atoms with Gasteiger partial charge in [0.05, 0.1) is 0 Å². The highest BCUT2D eigenvalue weighted by molar-refractivity contribution is 5.55. The molecule has 0 radical (unpaired) electrons. The minimum atomic E-state index is 0.109. The van der Waals surface area contributed by atoms with E-state index >= 15 is 0 Å². The summed E-state index contributed by atoms with van der Waals surface area (Å²) in [5.74, 6) is 2.23. The van der Waals surface area contributed by atoms with E-state index in [-0.39, 0.29) is 12.0 Å². The van der Waals surface area contributed by atoms with E-state index in [1.165, 1.54) is 24.8 Å². The molecule has 1 aromatic carbocycles. The highest BCUT2D eigenvalue weighted by atomic mass is 16.5. The van der Waals surface area contributed by atoms with Crippen LogP contribution in [0.5, 0.6) is 5.88 Å². The van der Waals surface area contributed by atoms with E-state index in [4.69, 9.17) is 9.26 Å². The van der Waals surface area contributed by atoms with E-state index in [1.54, 1.807) is 0 Å². The van der Waals surface area contributed by atoms with Crippen LogP contribution >= 0.6 is 0 Å². The van der Waals surface area contributed by atoms with Crippen molar-refractivity contribution >= 4 is 5.95 Å². The zero-order valence-corrected chi connectivity index (χ0v) is 18.2. The Kier molecular flexibility index (Phi) is 5.70. The van der Waals surface area contributed by atoms with Gasteiger partial charge in [-0.2, -0.15) is 9.97 Å². The summed E-state index contributed by atoms with van der Waals surface area (Å²) in [5, 5.41) is 4.09. The molecule has 0 atom stereocenters. The van der Waals surface area contributed by atoms with Crippen LogP contribution in [0.25, 0.3) is 11.4 Å². The van der Waals surface area contributed by atoms with Gasteiger partial charge in [-0.05, 0) is 37.2 Å². The van der Waals surface area contributed by atoms with Crippen molar-refractivity contribution in [2.45, 2.75) is 59.0 Å². The highest BCUT2D eigenvalue weighted by Gasteiger charge is 2.17. The molecule has 3 aromatic rings. The fraction of sp³-hybridized carbons (Fsp3) is 0.478. The Morgan fingerprint density at radius 3 is 2.43 bits per heavy atom. The summed E-state index contributed by atoms with van der Waals surface area (Å²) in [6, 6.07) is 10.1. The smallest absolute Gasteiger partial charge is 0.264 e.